The van der Waals surface area contributed by atoms with Crippen LogP contribution < -0.4 is 5.48 Å². The van der Waals surface area contributed by atoms with E-state index >= 15 is 0 Å². The van der Waals surface area contributed by atoms with Gasteiger partial charge >= 0.3 is 12.1 Å². The molecule has 3 aromatic carbocycles. The first-order valence-corrected chi connectivity index (χ1v) is 10.9. The quantitative estimate of drug-likeness (QED) is 0.312. The number of rotatable bonds is 6. The molecule has 0 bridgehead atoms. The van der Waals surface area contributed by atoms with Crippen molar-refractivity contribution < 1.29 is 22.8 Å². The number of carbonyl (C=O) groups is 1. The summed E-state index contributed by atoms with van der Waals surface area (Å²) in [6.45, 7) is 2.05. The Morgan fingerprint density at radius 3 is 2.47 bits per heavy atom. The topological polar surface area (TPSA) is 38.3 Å². The lowest BCUT2D eigenvalue weighted by Gasteiger charge is -2.14. The van der Waals surface area contributed by atoms with Crippen molar-refractivity contribution in [3.63, 3.8) is 0 Å². The minimum Gasteiger partial charge on any atom is -0.370 e. The molecule has 0 radical (unpaired) electrons. The summed E-state index contributed by atoms with van der Waals surface area (Å²) < 4.78 is 42.5. The van der Waals surface area contributed by atoms with E-state index in [-0.39, 0.29) is 18.0 Å². The van der Waals surface area contributed by atoms with Gasteiger partial charge in [0.1, 0.15) is 0 Å². The molecule has 1 N–H and O–H groups in total. The molecule has 0 amide bonds. The standard InChI is InChI=1S/C25H20F3NO2S/c1-2-24(30)31-29-15-16-8-11-22-19(12-16)14-23(32-22)18-9-10-20(17-6-4-3-5-7-17)21(13-18)25(26,27)28/h3-14,29H,2,15H2,1H3. The minimum atomic E-state index is -4.47. The number of halogens is 3. The second-order valence-corrected chi connectivity index (χ2v) is 8.34. The lowest BCUT2D eigenvalue weighted by Crippen LogP contribution is -2.18. The number of hydrogen-bond donors (Lipinski definition) is 1. The van der Waals surface area contributed by atoms with E-state index in [1.165, 1.54) is 23.5 Å². The second kappa shape index (κ2) is 9.14. The van der Waals surface area contributed by atoms with Gasteiger partial charge in [0, 0.05) is 16.0 Å². The zero-order valence-corrected chi connectivity index (χ0v) is 18.0. The van der Waals surface area contributed by atoms with Crippen molar-refractivity contribution in [3.05, 3.63) is 83.9 Å². The van der Waals surface area contributed by atoms with Crippen molar-refractivity contribution in [3.8, 4) is 21.6 Å². The number of hydrogen-bond acceptors (Lipinski definition) is 4. The van der Waals surface area contributed by atoms with Crippen LogP contribution in [0.1, 0.15) is 24.5 Å². The molecule has 0 fully saturated rings. The molecule has 164 valence electrons. The van der Waals surface area contributed by atoms with Crippen molar-refractivity contribution in [1.82, 2.24) is 5.48 Å². The zero-order valence-electron chi connectivity index (χ0n) is 17.2. The van der Waals surface area contributed by atoms with Gasteiger partial charge in [0.05, 0.1) is 12.1 Å². The molecule has 0 atom stereocenters. The average Bonchev–Trinajstić information content (AvgIpc) is 3.22. The first kappa shape index (κ1) is 22.0. The van der Waals surface area contributed by atoms with Gasteiger partial charge in [-0.25, -0.2) is 0 Å². The maximum Gasteiger partial charge on any atom is 0.417 e. The third kappa shape index (κ3) is 4.84. The van der Waals surface area contributed by atoms with Crippen molar-refractivity contribution in [1.29, 1.82) is 0 Å². The zero-order chi connectivity index (χ0) is 22.7. The van der Waals surface area contributed by atoms with E-state index in [0.717, 1.165) is 20.5 Å². The van der Waals surface area contributed by atoms with Crippen LogP contribution in [0.5, 0.6) is 0 Å². The Morgan fingerprint density at radius 2 is 1.75 bits per heavy atom. The Kier molecular flexibility index (Phi) is 6.30. The molecule has 0 saturated carbocycles. The van der Waals surface area contributed by atoms with Crippen LogP contribution in [-0.2, 0) is 22.4 Å². The molecule has 0 aliphatic carbocycles. The maximum absolute atomic E-state index is 13.8. The van der Waals surface area contributed by atoms with E-state index in [2.05, 4.69) is 5.48 Å². The Labute approximate surface area is 187 Å². The second-order valence-electron chi connectivity index (χ2n) is 7.26. The van der Waals surface area contributed by atoms with Crippen molar-refractivity contribution >= 4 is 27.4 Å². The monoisotopic (exact) mass is 455 g/mol. The molecule has 0 saturated heterocycles. The van der Waals surface area contributed by atoms with Gasteiger partial charge in [-0.15, -0.1) is 16.8 Å². The minimum absolute atomic E-state index is 0.165. The Bertz CT molecular complexity index is 1250. The van der Waals surface area contributed by atoms with Crippen LogP contribution in [0.15, 0.2) is 72.8 Å². The number of hydroxylamine groups is 1. The number of fused-ring (bicyclic) bond motifs is 1. The summed E-state index contributed by atoms with van der Waals surface area (Å²) in [6.07, 6.45) is -4.18. The normalized spacial score (nSPS) is 11.6. The molecule has 4 aromatic rings. The molecular formula is C25H20F3NO2S. The van der Waals surface area contributed by atoms with Crippen molar-refractivity contribution in [2.75, 3.05) is 0 Å². The fraction of sp³-hybridized carbons (Fsp3) is 0.160. The number of thiophene rings is 1. The van der Waals surface area contributed by atoms with Gasteiger partial charge in [0.25, 0.3) is 0 Å². The molecule has 0 unspecified atom stereocenters. The van der Waals surface area contributed by atoms with E-state index in [1.54, 1.807) is 43.3 Å². The lowest BCUT2D eigenvalue weighted by molar-refractivity contribution is -0.151. The average molecular weight is 456 g/mol. The van der Waals surface area contributed by atoms with Crippen molar-refractivity contribution in [2.24, 2.45) is 0 Å². The molecule has 7 heteroatoms. The molecule has 3 nitrogen and oxygen atoms in total. The molecular weight excluding hydrogens is 435 g/mol. The number of benzene rings is 3. The molecule has 4 rings (SSSR count). The highest BCUT2D eigenvalue weighted by Crippen LogP contribution is 2.41. The molecule has 0 spiro atoms. The first-order valence-electron chi connectivity index (χ1n) is 10.1. The van der Waals surface area contributed by atoms with Gasteiger partial charge in [-0.1, -0.05) is 55.5 Å². The summed E-state index contributed by atoms with van der Waals surface area (Å²) in [4.78, 5) is 16.9. The van der Waals surface area contributed by atoms with Crippen LogP contribution in [0.25, 0.3) is 31.7 Å². The van der Waals surface area contributed by atoms with Gasteiger partial charge in [-0.2, -0.15) is 13.2 Å². The van der Waals surface area contributed by atoms with Gasteiger partial charge in [-0.3, -0.25) is 4.79 Å². The molecule has 0 aliphatic heterocycles. The highest BCUT2D eigenvalue weighted by Gasteiger charge is 2.34. The largest absolute Gasteiger partial charge is 0.417 e. The van der Waals surface area contributed by atoms with Crippen LogP contribution in [-0.4, -0.2) is 5.97 Å². The van der Waals surface area contributed by atoms with E-state index in [1.807, 2.05) is 24.3 Å². The van der Waals surface area contributed by atoms with Crippen LogP contribution in [0.3, 0.4) is 0 Å². The highest BCUT2D eigenvalue weighted by atomic mass is 32.1. The van der Waals surface area contributed by atoms with Crippen LogP contribution in [0, 0.1) is 0 Å². The van der Waals surface area contributed by atoms with E-state index < -0.39 is 11.7 Å². The third-order valence-electron chi connectivity index (χ3n) is 5.03. The van der Waals surface area contributed by atoms with E-state index in [0.29, 0.717) is 17.7 Å². The number of carbonyl (C=O) groups excluding carboxylic acids is 1. The van der Waals surface area contributed by atoms with E-state index in [4.69, 9.17) is 4.84 Å². The SMILES string of the molecule is CCC(=O)ONCc1ccc2sc(-c3ccc(-c4ccccc4)c(C(F)(F)F)c3)cc2c1. The van der Waals surface area contributed by atoms with Gasteiger partial charge < -0.3 is 4.84 Å². The first-order chi connectivity index (χ1) is 15.3. The molecule has 0 aliphatic rings. The Morgan fingerprint density at radius 1 is 0.969 bits per heavy atom. The molecule has 32 heavy (non-hydrogen) atoms. The van der Waals surface area contributed by atoms with E-state index in [9.17, 15) is 18.0 Å². The van der Waals surface area contributed by atoms with Gasteiger partial charge in [0.15, 0.2) is 0 Å². The fourth-order valence-electron chi connectivity index (χ4n) is 3.42. The van der Waals surface area contributed by atoms with Crippen molar-refractivity contribution in [2.45, 2.75) is 26.1 Å². The molecule has 1 heterocycles. The number of alkyl halides is 3. The predicted molar refractivity (Wildman–Crippen MR) is 121 cm³/mol. The third-order valence-corrected chi connectivity index (χ3v) is 6.19. The summed E-state index contributed by atoms with van der Waals surface area (Å²) in [5.74, 6) is -0.344. The summed E-state index contributed by atoms with van der Waals surface area (Å²) in [6, 6.07) is 20.7. The maximum atomic E-state index is 13.8. The lowest BCUT2D eigenvalue weighted by atomic mass is 9.96. The summed E-state index contributed by atoms with van der Waals surface area (Å²) in [5.41, 5.74) is 4.10. The van der Waals surface area contributed by atoms with Crippen LogP contribution in [0.4, 0.5) is 13.2 Å². The van der Waals surface area contributed by atoms with Crippen LogP contribution >= 0.6 is 11.3 Å². The smallest absolute Gasteiger partial charge is 0.370 e. The summed E-state index contributed by atoms with van der Waals surface area (Å²) >= 11 is 1.44. The Hall–Kier alpha value is -3.16. The Balaban J connectivity index is 1.65. The fourth-order valence-corrected chi connectivity index (χ4v) is 4.46. The van der Waals surface area contributed by atoms with Crippen LogP contribution in [0.2, 0.25) is 0 Å². The van der Waals surface area contributed by atoms with Gasteiger partial charge in [0.2, 0.25) is 0 Å². The number of nitrogens with one attached hydrogen (secondary N) is 1. The summed E-state index contributed by atoms with van der Waals surface area (Å²) in [7, 11) is 0. The predicted octanol–water partition coefficient (Wildman–Crippen LogP) is 7.21. The van der Waals surface area contributed by atoms with Gasteiger partial charge in [-0.05, 0) is 51.9 Å². The highest BCUT2D eigenvalue weighted by molar-refractivity contribution is 7.22. The molecule has 1 aromatic heterocycles. The summed E-state index contributed by atoms with van der Waals surface area (Å²) in [5, 5.41) is 0.923.